The first kappa shape index (κ1) is 31.2. The van der Waals surface area contributed by atoms with Gasteiger partial charge in [0.15, 0.2) is 0 Å². The van der Waals surface area contributed by atoms with Crippen LogP contribution in [0, 0.1) is 0 Å². The number of benzene rings is 3. The summed E-state index contributed by atoms with van der Waals surface area (Å²) in [5.41, 5.74) is 0. The van der Waals surface area contributed by atoms with E-state index in [0.717, 1.165) is 19.3 Å². The Bertz CT molecular complexity index is 1480. The van der Waals surface area contributed by atoms with Gasteiger partial charge in [-0.3, -0.25) is 0 Å². The van der Waals surface area contributed by atoms with Gasteiger partial charge >= 0.3 is 0 Å². The van der Waals surface area contributed by atoms with E-state index in [-0.39, 0.29) is 0 Å². The van der Waals surface area contributed by atoms with Gasteiger partial charge in [0.1, 0.15) is 32.3 Å². The van der Waals surface area contributed by atoms with Gasteiger partial charge in [0.25, 0.3) is 16.8 Å². The number of rotatable bonds is 2. The Morgan fingerprint density at radius 1 is 0.425 bits per heavy atom. The first-order valence-electron chi connectivity index (χ1n) is 14.2. The largest absolute Gasteiger partial charge is 0.308 e. The molecule has 0 spiro atoms. The molecule has 2 heterocycles. The highest BCUT2D eigenvalue weighted by atomic mass is 79.9. The highest BCUT2D eigenvalue weighted by Crippen LogP contribution is 2.23. The summed E-state index contributed by atoms with van der Waals surface area (Å²) >= 11 is 7.59. The number of halogens is 4. The van der Waals surface area contributed by atoms with E-state index in [9.17, 15) is 0 Å². The molecule has 5 rings (SSSR count). The fraction of sp³-hybridized carbons (Fsp3) is 0.400. The Labute approximate surface area is 263 Å². The van der Waals surface area contributed by atoms with Gasteiger partial charge in [-0.1, -0.05) is 150 Å². The molecule has 0 saturated heterocycles. The molecule has 0 saturated carbocycles. The Balaban J connectivity index is 1.84. The van der Waals surface area contributed by atoms with Gasteiger partial charge in [-0.2, -0.15) is 0 Å². The quantitative estimate of drug-likeness (QED) is 0.275. The molecule has 0 aliphatic carbocycles. The van der Waals surface area contributed by atoms with E-state index in [4.69, 9.17) is 0 Å². The van der Waals surface area contributed by atoms with Crippen LogP contribution in [0.2, 0.25) is 78.6 Å². The monoisotopic (exact) mass is 766 g/mol. The second kappa shape index (κ2) is 9.15. The maximum Gasteiger partial charge on any atom is 0.272 e. The zero-order valence-electron chi connectivity index (χ0n) is 26.0. The lowest BCUT2D eigenvalue weighted by Gasteiger charge is -2.47. The molecule has 0 fully saturated rings. The Hall–Kier alpha value is -0.219. The van der Waals surface area contributed by atoms with E-state index < -0.39 is 49.1 Å². The molecule has 2 aliphatic heterocycles. The number of hydrogen-bond acceptors (Lipinski definition) is 0. The molecule has 10 heteroatoms. The minimum absolute atomic E-state index is 0.898. The fourth-order valence-electron chi connectivity index (χ4n) is 7.37. The van der Waals surface area contributed by atoms with Crippen molar-refractivity contribution >= 4 is 133 Å². The summed E-state index contributed by atoms with van der Waals surface area (Å²) in [4.78, 5) is 0. The van der Waals surface area contributed by atoms with E-state index in [2.05, 4.69) is 121 Å². The predicted octanol–water partition coefficient (Wildman–Crippen LogP) is 3.89. The van der Waals surface area contributed by atoms with Gasteiger partial charge in [0.05, 0.1) is 0 Å². The third-order valence-corrected chi connectivity index (χ3v) is 30.6. The molecule has 0 amide bonds. The van der Waals surface area contributed by atoms with Crippen LogP contribution in [-0.4, -0.2) is 49.1 Å². The predicted molar refractivity (Wildman–Crippen MR) is 198 cm³/mol. The molecule has 3 aromatic carbocycles. The molecular formula is C30H42Br2F2Si6. The highest BCUT2D eigenvalue weighted by Gasteiger charge is 2.50. The molecule has 2 aliphatic rings. The molecule has 0 unspecified atom stereocenters. The first-order valence-corrected chi connectivity index (χ1v) is 33.6. The second-order valence-electron chi connectivity index (χ2n) is 15.1. The van der Waals surface area contributed by atoms with Crippen LogP contribution in [0.3, 0.4) is 0 Å². The third-order valence-electron chi connectivity index (χ3n) is 10.0. The molecule has 0 nitrogen and oxygen atoms in total. The second-order valence-corrected chi connectivity index (χ2v) is 41.1. The average Bonchev–Trinajstić information content (AvgIpc) is 2.79. The smallest absolute Gasteiger partial charge is 0.272 e. The van der Waals surface area contributed by atoms with E-state index >= 15 is 8.22 Å². The zero-order valence-corrected chi connectivity index (χ0v) is 35.1. The SMILES string of the molecule is C[Si](C)(F)c1cc2c(cc1Br)[Si](C)(C)c1cc3c(cc1[Si]2(C)C)[Si](C)(C)c1cc(Br)c([Si](C)(C)F)cc1[Si]3(C)C. The van der Waals surface area contributed by atoms with Gasteiger partial charge in [-0.15, -0.1) is 0 Å². The van der Waals surface area contributed by atoms with Crippen LogP contribution in [0.5, 0.6) is 0 Å². The van der Waals surface area contributed by atoms with Gasteiger partial charge in [-0.25, -0.2) is 0 Å². The Morgan fingerprint density at radius 3 is 0.850 bits per heavy atom. The molecule has 0 radical (unpaired) electrons. The van der Waals surface area contributed by atoms with Crippen molar-refractivity contribution in [1.82, 2.24) is 0 Å². The van der Waals surface area contributed by atoms with Crippen LogP contribution in [0.4, 0.5) is 8.22 Å². The summed E-state index contributed by atoms with van der Waals surface area (Å²) in [6, 6.07) is 14.4. The summed E-state index contributed by atoms with van der Waals surface area (Å²) in [6.45, 7) is 27.1. The molecule has 0 N–H and O–H groups in total. The van der Waals surface area contributed by atoms with E-state index in [1.165, 1.54) is 20.7 Å². The van der Waals surface area contributed by atoms with Crippen molar-refractivity contribution in [2.75, 3.05) is 0 Å². The van der Waals surface area contributed by atoms with E-state index in [1.54, 1.807) is 46.9 Å². The van der Waals surface area contributed by atoms with Crippen LogP contribution >= 0.6 is 31.9 Å². The van der Waals surface area contributed by atoms with Crippen molar-refractivity contribution in [3.8, 4) is 0 Å². The zero-order chi connectivity index (χ0) is 30.2. The third kappa shape index (κ3) is 4.40. The Morgan fingerprint density at radius 2 is 0.625 bits per heavy atom. The lowest BCUT2D eigenvalue weighted by Crippen LogP contribution is -2.83. The summed E-state index contributed by atoms with van der Waals surface area (Å²) in [5.74, 6) is 0. The Kier molecular flexibility index (Phi) is 7.14. The summed E-state index contributed by atoms with van der Waals surface area (Å²) < 4.78 is 32.9. The molecule has 0 atom stereocenters. The fourth-order valence-corrected chi connectivity index (χ4v) is 32.8. The standard InChI is InChI=1S/C30H42Br2F2Si6/c1-35(2)23-13-19(31)21(39(9,10)33)15-25(23)37(5,6)29-18-28-30(17-27(29)35)38(7,8)26-16-22(40(11,12)34)20(32)14-24(26)36(28,3)4/h13-18H,1-12H3. The van der Waals surface area contributed by atoms with Gasteiger partial charge in [0, 0.05) is 8.95 Å². The van der Waals surface area contributed by atoms with Crippen molar-refractivity contribution in [2.24, 2.45) is 0 Å². The summed E-state index contributed by atoms with van der Waals surface area (Å²) in [5, 5.41) is 14.0. The van der Waals surface area contributed by atoms with Crippen molar-refractivity contribution in [2.45, 2.75) is 78.6 Å². The normalized spacial score (nSPS) is 19.8. The molecular weight excluding hydrogens is 727 g/mol. The van der Waals surface area contributed by atoms with Crippen LogP contribution in [0.25, 0.3) is 0 Å². The summed E-state index contributed by atoms with van der Waals surface area (Å²) in [7, 11) is -14.3. The summed E-state index contributed by atoms with van der Waals surface area (Å²) in [6.07, 6.45) is 0. The van der Waals surface area contributed by atoms with Gasteiger partial charge in [-0.05, 0) is 48.7 Å². The van der Waals surface area contributed by atoms with Gasteiger partial charge in [0.2, 0.25) is 0 Å². The average molecular weight is 769 g/mol. The van der Waals surface area contributed by atoms with Crippen LogP contribution in [0.1, 0.15) is 0 Å². The topological polar surface area (TPSA) is 0 Å². The first-order chi connectivity index (χ1) is 17.9. The molecule has 0 bridgehead atoms. The lowest BCUT2D eigenvalue weighted by molar-refractivity contribution is 0.820. The van der Waals surface area contributed by atoms with Crippen LogP contribution in [0.15, 0.2) is 45.3 Å². The van der Waals surface area contributed by atoms with Crippen molar-refractivity contribution in [3.05, 3.63) is 45.3 Å². The van der Waals surface area contributed by atoms with Gasteiger partial charge < -0.3 is 8.22 Å². The minimum Gasteiger partial charge on any atom is -0.308 e. The molecule has 3 aromatic rings. The minimum atomic E-state index is -2.99. The maximum atomic E-state index is 15.5. The lowest BCUT2D eigenvalue weighted by atomic mass is 10.3. The van der Waals surface area contributed by atoms with Crippen LogP contribution < -0.4 is 51.9 Å². The molecule has 0 aromatic heterocycles. The highest BCUT2D eigenvalue weighted by molar-refractivity contribution is 9.11. The van der Waals surface area contributed by atoms with Crippen molar-refractivity contribution < 1.29 is 8.22 Å². The van der Waals surface area contributed by atoms with E-state index in [1.807, 2.05) is 0 Å². The number of hydrogen-bond donors (Lipinski definition) is 0. The number of fused-ring (bicyclic) bond motifs is 4. The van der Waals surface area contributed by atoms with Crippen molar-refractivity contribution in [1.29, 1.82) is 0 Å². The maximum absolute atomic E-state index is 15.5. The molecule has 214 valence electrons. The van der Waals surface area contributed by atoms with E-state index in [0.29, 0.717) is 0 Å². The molecule has 40 heavy (non-hydrogen) atoms. The van der Waals surface area contributed by atoms with Crippen LogP contribution in [-0.2, 0) is 0 Å². The van der Waals surface area contributed by atoms with Crippen molar-refractivity contribution in [3.63, 3.8) is 0 Å².